The summed E-state index contributed by atoms with van der Waals surface area (Å²) in [7, 11) is 1.58. The van der Waals surface area contributed by atoms with Gasteiger partial charge in [0.25, 0.3) is 0 Å². The number of alkyl halides is 3. The average molecular weight is 554 g/mol. The first kappa shape index (κ1) is 25.5. The highest BCUT2D eigenvalue weighted by Gasteiger charge is 2.34. The van der Waals surface area contributed by atoms with Crippen molar-refractivity contribution < 1.29 is 18.0 Å². The molecule has 1 amide bonds. The Balaban J connectivity index is 0.00000341. The maximum Gasteiger partial charge on any atom is 0.401 e. The van der Waals surface area contributed by atoms with E-state index in [-0.39, 0.29) is 42.5 Å². The van der Waals surface area contributed by atoms with Gasteiger partial charge in [-0.05, 0) is 18.6 Å². The molecule has 0 aromatic heterocycles. The van der Waals surface area contributed by atoms with Crippen LogP contribution in [-0.4, -0.2) is 93.3 Å². The second-order valence-electron chi connectivity index (χ2n) is 7.61. The van der Waals surface area contributed by atoms with E-state index in [0.717, 1.165) is 18.8 Å². The van der Waals surface area contributed by atoms with Crippen LogP contribution >= 0.6 is 24.0 Å². The van der Waals surface area contributed by atoms with Crippen molar-refractivity contribution in [2.75, 3.05) is 64.3 Å². The van der Waals surface area contributed by atoms with Gasteiger partial charge in [0, 0.05) is 58.0 Å². The second kappa shape index (κ2) is 11.7. The molecule has 1 aromatic rings. The Morgan fingerprint density at radius 1 is 1.13 bits per heavy atom. The molecule has 0 bridgehead atoms. The number of piperazine rings is 1. The zero-order valence-electron chi connectivity index (χ0n) is 17.6. The molecular weight excluding hydrogens is 524 g/mol. The maximum atomic E-state index is 12.5. The van der Waals surface area contributed by atoms with Crippen LogP contribution < -0.4 is 15.5 Å². The van der Waals surface area contributed by atoms with Crippen molar-refractivity contribution in [2.24, 2.45) is 4.99 Å². The number of amides is 1. The monoisotopic (exact) mass is 554 g/mol. The summed E-state index contributed by atoms with van der Waals surface area (Å²) in [6.45, 7) is 2.75. The van der Waals surface area contributed by atoms with Crippen molar-refractivity contribution in [3.05, 3.63) is 30.3 Å². The molecule has 2 heterocycles. The van der Waals surface area contributed by atoms with Crippen LogP contribution in [0.15, 0.2) is 35.3 Å². The van der Waals surface area contributed by atoms with E-state index >= 15 is 0 Å². The van der Waals surface area contributed by atoms with Gasteiger partial charge in [-0.2, -0.15) is 13.2 Å². The Bertz CT molecular complexity index is 725. The molecule has 3 rings (SSSR count). The first-order valence-electron chi connectivity index (χ1n) is 10.2. The van der Waals surface area contributed by atoms with Gasteiger partial charge in [0.1, 0.15) is 0 Å². The van der Waals surface area contributed by atoms with Gasteiger partial charge in [0.2, 0.25) is 5.91 Å². The van der Waals surface area contributed by atoms with Gasteiger partial charge in [-0.15, -0.1) is 24.0 Å². The summed E-state index contributed by atoms with van der Waals surface area (Å²) in [5, 5.41) is 6.11. The minimum Gasteiger partial charge on any atom is -0.368 e. The van der Waals surface area contributed by atoms with Crippen LogP contribution in [0.2, 0.25) is 0 Å². The molecule has 2 N–H and O–H groups in total. The van der Waals surface area contributed by atoms with Crippen LogP contribution in [-0.2, 0) is 4.79 Å². The SMILES string of the molecule is CN=C(NCC(=O)N1CCN(c2ccccc2)CC1)NC1CCN(CC(F)(F)F)C1.I. The lowest BCUT2D eigenvalue weighted by atomic mass is 10.2. The summed E-state index contributed by atoms with van der Waals surface area (Å²) in [6, 6.07) is 9.99. The number of anilines is 1. The molecule has 2 aliphatic heterocycles. The molecule has 1 unspecified atom stereocenters. The number of carbonyl (C=O) groups excluding carboxylic acids is 1. The van der Waals surface area contributed by atoms with E-state index in [0.29, 0.717) is 38.6 Å². The number of guanidine groups is 1. The van der Waals surface area contributed by atoms with Crippen molar-refractivity contribution in [2.45, 2.75) is 18.6 Å². The molecule has 0 saturated carbocycles. The Kier molecular flexibility index (Phi) is 9.66. The molecule has 1 aromatic carbocycles. The Labute approximate surface area is 198 Å². The first-order valence-corrected chi connectivity index (χ1v) is 10.2. The topological polar surface area (TPSA) is 63.2 Å². The summed E-state index contributed by atoms with van der Waals surface area (Å²) in [4.78, 5) is 22.1. The normalized spacial score (nSPS) is 20.4. The summed E-state index contributed by atoms with van der Waals surface area (Å²) >= 11 is 0. The van der Waals surface area contributed by atoms with Gasteiger partial charge in [0.15, 0.2) is 5.96 Å². The molecule has 31 heavy (non-hydrogen) atoms. The Morgan fingerprint density at radius 2 is 1.81 bits per heavy atom. The van der Waals surface area contributed by atoms with E-state index in [1.165, 1.54) is 4.90 Å². The predicted octanol–water partition coefficient (Wildman–Crippen LogP) is 1.75. The molecule has 0 spiro atoms. The molecular formula is C20H30F3IN6O. The molecule has 0 aliphatic carbocycles. The summed E-state index contributed by atoms with van der Waals surface area (Å²) in [5.41, 5.74) is 1.16. The fraction of sp³-hybridized carbons (Fsp3) is 0.600. The van der Waals surface area contributed by atoms with Crippen LogP contribution in [0.1, 0.15) is 6.42 Å². The molecule has 2 saturated heterocycles. The number of nitrogens with zero attached hydrogens (tertiary/aromatic N) is 4. The molecule has 2 aliphatic rings. The minimum absolute atomic E-state index is 0. The van der Waals surface area contributed by atoms with Crippen LogP contribution in [0.5, 0.6) is 0 Å². The Morgan fingerprint density at radius 3 is 2.42 bits per heavy atom. The number of benzene rings is 1. The number of hydrogen-bond acceptors (Lipinski definition) is 4. The van der Waals surface area contributed by atoms with E-state index < -0.39 is 12.7 Å². The van der Waals surface area contributed by atoms with Gasteiger partial charge in [0.05, 0.1) is 13.1 Å². The molecule has 11 heteroatoms. The van der Waals surface area contributed by atoms with E-state index in [2.05, 4.69) is 32.7 Å². The number of nitrogens with one attached hydrogen (secondary N) is 2. The number of likely N-dealkylation sites (tertiary alicyclic amines) is 1. The van der Waals surface area contributed by atoms with Gasteiger partial charge in [-0.25, -0.2) is 0 Å². The highest BCUT2D eigenvalue weighted by molar-refractivity contribution is 14.0. The summed E-state index contributed by atoms with van der Waals surface area (Å²) < 4.78 is 37.6. The molecule has 7 nitrogen and oxygen atoms in total. The fourth-order valence-corrected chi connectivity index (χ4v) is 3.86. The zero-order chi connectivity index (χ0) is 21.6. The van der Waals surface area contributed by atoms with Crippen molar-refractivity contribution in [1.29, 1.82) is 0 Å². The highest BCUT2D eigenvalue weighted by atomic mass is 127. The molecule has 174 valence electrons. The van der Waals surface area contributed by atoms with Crippen LogP contribution in [0.3, 0.4) is 0 Å². The third-order valence-electron chi connectivity index (χ3n) is 5.40. The number of para-hydroxylation sites is 1. The van der Waals surface area contributed by atoms with Gasteiger partial charge >= 0.3 is 6.18 Å². The van der Waals surface area contributed by atoms with E-state index in [1.807, 2.05) is 23.1 Å². The van der Waals surface area contributed by atoms with Crippen LogP contribution in [0.25, 0.3) is 0 Å². The number of hydrogen-bond donors (Lipinski definition) is 2. The quantitative estimate of drug-likeness (QED) is 0.330. The zero-order valence-corrected chi connectivity index (χ0v) is 19.9. The maximum absolute atomic E-state index is 12.5. The minimum atomic E-state index is -4.19. The van der Waals surface area contributed by atoms with Gasteiger partial charge in [-0.3, -0.25) is 14.7 Å². The lowest BCUT2D eigenvalue weighted by Gasteiger charge is -2.36. The standard InChI is InChI=1S/C20H29F3N6O.HI/c1-24-19(26-16-7-8-27(14-16)15-20(21,22)23)25-13-18(30)29-11-9-28(10-12-29)17-5-3-2-4-6-17;/h2-6,16H,7-15H2,1H3,(H2,24,25,26);1H. The molecule has 2 fully saturated rings. The number of aliphatic imine (C=N–C) groups is 1. The first-order chi connectivity index (χ1) is 14.3. The van der Waals surface area contributed by atoms with Gasteiger partial charge in [-0.1, -0.05) is 18.2 Å². The molecule has 0 radical (unpaired) electrons. The lowest BCUT2D eigenvalue weighted by molar-refractivity contribution is -0.143. The van der Waals surface area contributed by atoms with E-state index in [9.17, 15) is 18.0 Å². The smallest absolute Gasteiger partial charge is 0.368 e. The largest absolute Gasteiger partial charge is 0.401 e. The van der Waals surface area contributed by atoms with E-state index in [4.69, 9.17) is 0 Å². The summed E-state index contributed by atoms with van der Waals surface area (Å²) in [6.07, 6.45) is -3.59. The highest BCUT2D eigenvalue weighted by Crippen LogP contribution is 2.20. The lowest BCUT2D eigenvalue weighted by Crippen LogP contribution is -2.53. The number of carbonyl (C=O) groups is 1. The van der Waals surface area contributed by atoms with Crippen molar-refractivity contribution in [1.82, 2.24) is 20.4 Å². The second-order valence-corrected chi connectivity index (χ2v) is 7.61. The summed E-state index contributed by atoms with van der Waals surface area (Å²) in [5.74, 6) is 0.418. The number of rotatable bonds is 5. The third kappa shape index (κ3) is 8.02. The van der Waals surface area contributed by atoms with Gasteiger partial charge < -0.3 is 20.4 Å². The van der Waals surface area contributed by atoms with E-state index in [1.54, 1.807) is 7.05 Å². The number of halogens is 4. The van der Waals surface area contributed by atoms with Crippen LogP contribution in [0, 0.1) is 0 Å². The van der Waals surface area contributed by atoms with Crippen molar-refractivity contribution in [3.8, 4) is 0 Å². The van der Waals surface area contributed by atoms with Crippen molar-refractivity contribution in [3.63, 3.8) is 0 Å². The Hall–Kier alpha value is -1.76. The average Bonchev–Trinajstić information content (AvgIpc) is 3.16. The fourth-order valence-electron chi connectivity index (χ4n) is 3.86. The van der Waals surface area contributed by atoms with Crippen LogP contribution in [0.4, 0.5) is 18.9 Å². The molecule has 1 atom stereocenters. The predicted molar refractivity (Wildman–Crippen MR) is 126 cm³/mol. The van der Waals surface area contributed by atoms with Crippen molar-refractivity contribution >= 4 is 41.5 Å². The third-order valence-corrected chi connectivity index (χ3v) is 5.40.